The number of hydrogen-bond acceptors (Lipinski definition) is 3. The molecule has 0 spiro atoms. The fraction of sp³-hybridized carbons (Fsp3) is 0.222. The number of para-hydroxylation sites is 1. The summed E-state index contributed by atoms with van der Waals surface area (Å²) in [5, 5.41) is 5.43. The Kier molecular flexibility index (Phi) is 4.57. The average molecular weight is 310 g/mol. The molecule has 1 saturated carbocycles. The van der Waals surface area contributed by atoms with Crippen LogP contribution in [0.5, 0.6) is 11.5 Å². The van der Waals surface area contributed by atoms with E-state index in [1.54, 1.807) is 24.3 Å². The topological polar surface area (TPSA) is 67.4 Å². The van der Waals surface area contributed by atoms with Crippen molar-refractivity contribution in [2.45, 2.75) is 18.9 Å². The molecule has 0 bridgehead atoms. The fourth-order valence-electron chi connectivity index (χ4n) is 2.07. The molecule has 2 aromatic carbocycles. The van der Waals surface area contributed by atoms with Gasteiger partial charge in [-0.3, -0.25) is 9.59 Å². The van der Waals surface area contributed by atoms with Crippen LogP contribution in [0.4, 0.5) is 0 Å². The minimum absolute atomic E-state index is 0.00238. The Morgan fingerprint density at radius 3 is 2.26 bits per heavy atom. The number of rotatable bonds is 6. The summed E-state index contributed by atoms with van der Waals surface area (Å²) in [6, 6.07) is 16.5. The molecule has 0 unspecified atom stereocenters. The van der Waals surface area contributed by atoms with Crippen LogP contribution in [0.15, 0.2) is 54.6 Å². The van der Waals surface area contributed by atoms with E-state index in [2.05, 4.69) is 10.6 Å². The third-order valence-corrected chi connectivity index (χ3v) is 3.45. The summed E-state index contributed by atoms with van der Waals surface area (Å²) < 4.78 is 5.67. The number of carbonyl (C=O) groups is 2. The number of carbonyl (C=O) groups excluding carboxylic acids is 2. The first-order chi connectivity index (χ1) is 11.2. The molecule has 1 aliphatic rings. The predicted molar refractivity (Wildman–Crippen MR) is 86.5 cm³/mol. The second kappa shape index (κ2) is 6.96. The van der Waals surface area contributed by atoms with Crippen LogP contribution in [-0.2, 0) is 4.79 Å². The maximum Gasteiger partial charge on any atom is 0.251 e. The van der Waals surface area contributed by atoms with Crippen molar-refractivity contribution in [1.29, 1.82) is 0 Å². The molecule has 2 aromatic rings. The van der Waals surface area contributed by atoms with Gasteiger partial charge in [-0.15, -0.1) is 0 Å². The Labute approximate surface area is 134 Å². The van der Waals surface area contributed by atoms with Crippen molar-refractivity contribution in [1.82, 2.24) is 10.6 Å². The largest absolute Gasteiger partial charge is 0.457 e. The number of benzene rings is 2. The maximum atomic E-state index is 12.0. The van der Waals surface area contributed by atoms with E-state index in [0.717, 1.165) is 18.6 Å². The molecule has 0 radical (unpaired) electrons. The second-order valence-electron chi connectivity index (χ2n) is 5.46. The molecule has 23 heavy (non-hydrogen) atoms. The lowest BCUT2D eigenvalue weighted by molar-refractivity contribution is -0.120. The monoisotopic (exact) mass is 310 g/mol. The second-order valence-corrected chi connectivity index (χ2v) is 5.46. The zero-order valence-corrected chi connectivity index (χ0v) is 12.6. The minimum atomic E-state index is -0.276. The van der Waals surface area contributed by atoms with Crippen molar-refractivity contribution in [2.24, 2.45) is 0 Å². The van der Waals surface area contributed by atoms with Gasteiger partial charge in [0, 0.05) is 11.6 Å². The lowest BCUT2D eigenvalue weighted by Gasteiger charge is -2.08. The van der Waals surface area contributed by atoms with Gasteiger partial charge in [0.05, 0.1) is 6.54 Å². The van der Waals surface area contributed by atoms with Gasteiger partial charge in [0.2, 0.25) is 5.91 Å². The summed E-state index contributed by atoms with van der Waals surface area (Å²) in [6.07, 6.45) is 2.06. The van der Waals surface area contributed by atoms with Crippen LogP contribution in [0.25, 0.3) is 0 Å². The Hall–Kier alpha value is -2.82. The van der Waals surface area contributed by atoms with E-state index < -0.39 is 0 Å². The molecule has 2 N–H and O–H groups in total. The Morgan fingerprint density at radius 2 is 1.61 bits per heavy atom. The van der Waals surface area contributed by atoms with Gasteiger partial charge in [-0.05, 0) is 49.2 Å². The smallest absolute Gasteiger partial charge is 0.251 e. The molecule has 2 amide bonds. The summed E-state index contributed by atoms with van der Waals surface area (Å²) in [7, 11) is 0. The average Bonchev–Trinajstić information content (AvgIpc) is 3.38. The van der Waals surface area contributed by atoms with E-state index in [9.17, 15) is 9.59 Å². The summed E-state index contributed by atoms with van der Waals surface area (Å²) in [5.74, 6) is 0.966. The zero-order chi connectivity index (χ0) is 16.1. The molecule has 5 nitrogen and oxygen atoms in total. The van der Waals surface area contributed by atoms with Crippen LogP contribution >= 0.6 is 0 Å². The number of hydrogen-bond donors (Lipinski definition) is 2. The van der Waals surface area contributed by atoms with Crippen LogP contribution in [0.1, 0.15) is 23.2 Å². The molecule has 1 fully saturated rings. The van der Waals surface area contributed by atoms with Crippen molar-refractivity contribution in [3.8, 4) is 11.5 Å². The summed E-state index contributed by atoms with van der Waals surface area (Å²) in [5.41, 5.74) is 0.490. The van der Waals surface area contributed by atoms with E-state index in [0.29, 0.717) is 17.4 Å². The lowest BCUT2D eigenvalue weighted by Crippen LogP contribution is -2.37. The summed E-state index contributed by atoms with van der Waals surface area (Å²) >= 11 is 0. The fourth-order valence-corrected chi connectivity index (χ4v) is 2.07. The van der Waals surface area contributed by atoms with Gasteiger partial charge in [0.25, 0.3) is 5.91 Å². The first-order valence-corrected chi connectivity index (χ1v) is 7.61. The normalized spacial score (nSPS) is 13.2. The van der Waals surface area contributed by atoms with Gasteiger partial charge < -0.3 is 15.4 Å². The van der Waals surface area contributed by atoms with Gasteiger partial charge in [0.15, 0.2) is 0 Å². The Bertz CT molecular complexity index is 679. The van der Waals surface area contributed by atoms with Gasteiger partial charge in [-0.25, -0.2) is 0 Å². The van der Waals surface area contributed by atoms with Crippen LogP contribution in [-0.4, -0.2) is 24.4 Å². The summed E-state index contributed by atoms with van der Waals surface area (Å²) in [4.78, 5) is 23.5. The highest BCUT2D eigenvalue weighted by atomic mass is 16.5. The molecule has 0 saturated heterocycles. The maximum absolute atomic E-state index is 12.0. The minimum Gasteiger partial charge on any atom is -0.457 e. The number of ether oxygens (including phenoxy) is 1. The Morgan fingerprint density at radius 1 is 0.957 bits per heavy atom. The van der Waals surface area contributed by atoms with Crippen LogP contribution in [0.3, 0.4) is 0 Å². The molecule has 118 valence electrons. The molecule has 1 aliphatic carbocycles. The van der Waals surface area contributed by atoms with Crippen molar-refractivity contribution in [3.05, 3.63) is 60.2 Å². The van der Waals surface area contributed by atoms with Crippen LogP contribution in [0, 0.1) is 0 Å². The van der Waals surface area contributed by atoms with Crippen LogP contribution < -0.4 is 15.4 Å². The highest BCUT2D eigenvalue weighted by Gasteiger charge is 2.23. The molecule has 5 heteroatoms. The first-order valence-electron chi connectivity index (χ1n) is 7.61. The first kappa shape index (κ1) is 15.1. The number of nitrogens with one attached hydrogen (secondary N) is 2. The van der Waals surface area contributed by atoms with Gasteiger partial charge >= 0.3 is 0 Å². The molecule has 0 heterocycles. The summed E-state index contributed by atoms with van der Waals surface area (Å²) in [6.45, 7) is -0.00238. The van der Waals surface area contributed by atoms with E-state index in [4.69, 9.17) is 4.74 Å². The third-order valence-electron chi connectivity index (χ3n) is 3.45. The molecular formula is C18H18N2O3. The molecule has 3 rings (SSSR count). The van der Waals surface area contributed by atoms with E-state index in [1.807, 2.05) is 30.3 Å². The quantitative estimate of drug-likeness (QED) is 0.861. The van der Waals surface area contributed by atoms with E-state index in [-0.39, 0.29) is 18.4 Å². The van der Waals surface area contributed by atoms with E-state index >= 15 is 0 Å². The van der Waals surface area contributed by atoms with E-state index in [1.165, 1.54) is 0 Å². The van der Waals surface area contributed by atoms with Crippen molar-refractivity contribution < 1.29 is 14.3 Å². The van der Waals surface area contributed by atoms with Crippen molar-refractivity contribution >= 4 is 11.8 Å². The van der Waals surface area contributed by atoms with Crippen molar-refractivity contribution in [3.63, 3.8) is 0 Å². The lowest BCUT2D eigenvalue weighted by atomic mass is 10.2. The predicted octanol–water partition coefficient (Wildman–Crippen LogP) is 2.49. The highest BCUT2D eigenvalue weighted by molar-refractivity contribution is 5.96. The van der Waals surface area contributed by atoms with Gasteiger partial charge in [0.1, 0.15) is 11.5 Å². The SMILES string of the molecule is O=C(CNC(=O)c1ccc(Oc2ccccc2)cc1)NC1CC1. The van der Waals surface area contributed by atoms with Gasteiger partial charge in [-0.1, -0.05) is 18.2 Å². The number of amides is 2. The highest BCUT2D eigenvalue weighted by Crippen LogP contribution is 2.21. The van der Waals surface area contributed by atoms with Crippen LogP contribution in [0.2, 0.25) is 0 Å². The zero-order valence-electron chi connectivity index (χ0n) is 12.6. The molecule has 0 aliphatic heterocycles. The standard InChI is InChI=1S/C18H18N2O3/c21-17(20-14-8-9-14)12-19-18(22)13-6-10-16(11-7-13)23-15-4-2-1-3-5-15/h1-7,10-11,14H,8-9,12H2,(H,19,22)(H,20,21). The Balaban J connectivity index is 1.51. The molecule has 0 aromatic heterocycles. The van der Waals surface area contributed by atoms with Crippen molar-refractivity contribution in [2.75, 3.05) is 6.54 Å². The van der Waals surface area contributed by atoms with Gasteiger partial charge in [-0.2, -0.15) is 0 Å². The molecular weight excluding hydrogens is 292 g/mol. The third kappa shape index (κ3) is 4.57. The molecule has 0 atom stereocenters.